The molecule has 2 N–H and O–H groups in total. The molecule has 1 aromatic carbocycles. The van der Waals surface area contributed by atoms with Crippen LogP contribution < -0.4 is 5.43 Å². The third-order valence-corrected chi connectivity index (χ3v) is 2.00. The number of benzene rings is 1. The minimum Gasteiger partial charge on any atom is -0.301 e. The summed E-state index contributed by atoms with van der Waals surface area (Å²) in [5.41, 5.74) is 4.66. The number of nitrogens with zero attached hydrogens (tertiary/aromatic N) is 1. The zero-order chi connectivity index (χ0) is 8.55. The van der Waals surface area contributed by atoms with E-state index in [-0.39, 0.29) is 6.17 Å². The molecule has 2 atom stereocenters. The Balaban J connectivity index is 2.16. The molecule has 0 amide bonds. The topological polar surface area (TPSA) is 48.8 Å². The maximum Gasteiger partial charge on any atom is 0.128 e. The highest BCUT2D eigenvalue weighted by atomic mass is 15.7. The summed E-state index contributed by atoms with van der Waals surface area (Å²) >= 11 is 0. The molecule has 0 aromatic heterocycles. The monoisotopic (exact) mass is 161 g/mol. The molecule has 3 nitrogen and oxygen atoms in total. The second kappa shape index (κ2) is 2.69. The molecule has 1 aliphatic rings. The minimum atomic E-state index is 0.118. The van der Waals surface area contributed by atoms with E-state index in [1.807, 2.05) is 42.4 Å². The normalized spacial score (nSPS) is 26.8. The van der Waals surface area contributed by atoms with E-state index in [0.29, 0.717) is 5.71 Å². The van der Waals surface area contributed by atoms with E-state index in [2.05, 4.69) is 5.43 Å². The average molecular weight is 161 g/mol. The summed E-state index contributed by atoms with van der Waals surface area (Å²) in [4.78, 5) is 0. The molecule has 3 heteroatoms. The van der Waals surface area contributed by atoms with Crippen molar-refractivity contribution >= 4 is 5.71 Å². The molecule has 12 heavy (non-hydrogen) atoms. The Morgan fingerprint density at radius 3 is 2.50 bits per heavy atom. The summed E-state index contributed by atoms with van der Waals surface area (Å²) in [6, 6.07) is 9.77. The quantitative estimate of drug-likeness (QED) is 0.498. The van der Waals surface area contributed by atoms with E-state index < -0.39 is 0 Å². The molecule has 2 unspecified atom stereocenters. The Bertz CT molecular complexity index is 294. The Morgan fingerprint density at radius 1 is 1.42 bits per heavy atom. The number of hydrazine groups is 1. The van der Waals surface area contributed by atoms with Gasteiger partial charge in [-0.05, 0) is 5.56 Å². The third kappa shape index (κ3) is 1.24. The van der Waals surface area contributed by atoms with Crippen LogP contribution in [0.4, 0.5) is 0 Å². The van der Waals surface area contributed by atoms with Crippen molar-refractivity contribution in [3.63, 3.8) is 0 Å². The molecule has 1 heterocycles. The second-order valence-corrected chi connectivity index (χ2v) is 2.92. The molecule has 2 rings (SSSR count). The summed E-state index contributed by atoms with van der Waals surface area (Å²) in [7, 11) is 1.93. The van der Waals surface area contributed by atoms with Gasteiger partial charge in [0.25, 0.3) is 0 Å². The smallest absolute Gasteiger partial charge is 0.128 e. The largest absolute Gasteiger partial charge is 0.301 e. The molecule has 0 bridgehead atoms. The molecule has 1 saturated heterocycles. The number of hydrogen-bond acceptors (Lipinski definition) is 3. The lowest BCUT2D eigenvalue weighted by Gasteiger charge is -1.98. The van der Waals surface area contributed by atoms with E-state index in [9.17, 15) is 0 Å². The molecule has 0 aliphatic carbocycles. The fourth-order valence-corrected chi connectivity index (χ4v) is 1.19. The molecular weight excluding hydrogens is 150 g/mol. The van der Waals surface area contributed by atoms with Gasteiger partial charge in [-0.1, -0.05) is 30.3 Å². The first-order valence-corrected chi connectivity index (χ1v) is 3.92. The lowest BCUT2D eigenvalue weighted by molar-refractivity contribution is 0.620. The van der Waals surface area contributed by atoms with Crippen molar-refractivity contribution in [2.75, 3.05) is 7.05 Å². The van der Waals surface area contributed by atoms with Crippen LogP contribution in [0.3, 0.4) is 0 Å². The van der Waals surface area contributed by atoms with Gasteiger partial charge in [0, 0.05) is 7.05 Å². The van der Waals surface area contributed by atoms with Gasteiger partial charge >= 0.3 is 0 Å². The van der Waals surface area contributed by atoms with Crippen LogP contribution >= 0.6 is 0 Å². The van der Waals surface area contributed by atoms with Crippen molar-refractivity contribution in [1.29, 1.82) is 5.41 Å². The van der Waals surface area contributed by atoms with Crippen molar-refractivity contribution in [2.24, 2.45) is 0 Å². The van der Waals surface area contributed by atoms with Gasteiger partial charge in [-0.3, -0.25) is 0 Å². The van der Waals surface area contributed by atoms with Gasteiger partial charge in [-0.2, -0.15) is 0 Å². The van der Waals surface area contributed by atoms with Crippen LogP contribution in [0, 0.1) is 5.41 Å². The number of hydrogen-bond donors (Lipinski definition) is 2. The predicted molar refractivity (Wildman–Crippen MR) is 48.0 cm³/mol. The molecule has 0 spiro atoms. The highest BCUT2D eigenvalue weighted by Crippen LogP contribution is 2.12. The molecule has 1 fully saturated rings. The van der Waals surface area contributed by atoms with Crippen molar-refractivity contribution in [3.05, 3.63) is 35.9 Å². The zero-order valence-corrected chi connectivity index (χ0v) is 6.91. The van der Waals surface area contributed by atoms with Crippen LogP contribution in [0.1, 0.15) is 5.56 Å². The molecule has 0 radical (unpaired) electrons. The predicted octanol–water partition coefficient (Wildman–Crippen LogP) is 0.831. The summed E-state index contributed by atoms with van der Waals surface area (Å²) in [6.45, 7) is 0. The van der Waals surface area contributed by atoms with Crippen molar-refractivity contribution in [2.45, 2.75) is 6.17 Å². The van der Waals surface area contributed by atoms with Gasteiger partial charge < -0.3 is 5.41 Å². The van der Waals surface area contributed by atoms with E-state index in [4.69, 9.17) is 5.41 Å². The Labute approximate surface area is 71.5 Å². The van der Waals surface area contributed by atoms with Gasteiger partial charge in [0.15, 0.2) is 0 Å². The van der Waals surface area contributed by atoms with Crippen molar-refractivity contribution in [3.8, 4) is 0 Å². The Hall–Kier alpha value is -1.19. The van der Waals surface area contributed by atoms with Crippen molar-refractivity contribution < 1.29 is 0 Å². The fraction of sp³-hybridized carbons (Fsp3) is 0.222. The van der Waals surface area contributed by atoms with Crippen molar-refractivity contribution in [1.82, 2.24) is 10.4 Å². The Morgan fingerprint density at radius 2 is 2.00 bits per heavy atom. The molecule has 0 saturated carbocycles. The summed E-state index contributed by atoms with van der Waals surface area (Å²) in [6.07, 6.45) is 0.118. The van der Waals surface area contributed by atoms with Gasteiger partial charge in [0.1, 0.15) is 6.17 Å². The van der Waals surface area contributed by atoms with Gasteiger partial charge in [-0.15, -0.1) is 0 Å². The van der Waals surface area contributed by atoms with Crippen LogP contribution in [0.5, 0.6) is 0 Å². The number of nitrogens with one attached hydrogen (secondary N) is 2. The number of likely N-dealkylation sites (N-methyl/N-ethyl adjacent to an activating group) is 1. The van der Waals surface area contributed by atoms with Gasteiger partial charge in [-0.25, -0.2) is 10.4 Å². The van der Waals surface area contributed by atoms with E-state index >= 15 is 0 Å². The minimum absolute atomic E-state index is 0.118. The molecule has 1 aliphatic heterocycles. The average Bonchev–Trinajstić information content (AvgIpc) is 2.83. The summed E-state index contributed by atoms with van der Waals surface area (Å²) < 4.78 is 0. The van der Waals surface area contributed by atoms with Crippen LogP contribution in [0.15, 0.2) is 30.3 Å². The summed E-state index contributed by atoms with van der Waals surface area (Å²) in [5.74, 6) is 0. The first-order valence-electron chi connectivity index (χ1n) is 3.92. The highest BCUT2D eigenvalue weighted by Gasteiger charge is 2.33. The first kappa shape index (κ1) is 7.46. The van der Waals surface area contributed by atoms with Crippen LogP contribution in [0.2, 0.25) is 0 Å². The first-order chi connectivity index (χ1) is 5.79. The molecule has 1 aromatic rings. The van der Waals surface area contributed by atoms with Crippen LogP contribution in [-0.2, 0) is 0 Å². The maximum absolute atomic E-state index is 7.77. The fourth-order valence-electron chi connectivity index (χ4n) is 1.19. The molecule has 62 valence electrons. The van der Waals surface area contributed by atoms with E-state index in [1.165, 1.54) is 0 Å². The third-order valence-electron chi connectivity index (χ3n) is 2.00. The van der Waals surface area contributed by atoms with Gasteiger partial charge in [0.2, 0.25) is 0 Å². The zero-order valence-electron chi connectivity index (χ0n) is 6.91. The van der Waals surface area contributed by atoms with Gasteiger partial charge in [0.05, 0.1) is 5.71 Å². The lowest BCUT2D eigenvalue weighted by atomic mass is 10.1. The highest BCUT2D eigenvalue weighted by molar-refractivity contribution is 6.03. The molecular formula is C9H11N3. The standard InChI is InChI=1S/C9H11N3/c1-12-9(11-12)8(10)7-5-3-2-4-6-7/h2-6,9-11H,1H3. The van der Waals surface area contributed by atoms with E-state index in [0.717, 1.165) is 5.56 Å². The van der Waals surface area contributed by atoms with Crippen LogP contribution in [-0.4, -0.2) is 23.9 Å². The lowest BCUT2D eigenvalue weighted by Crippen LogP contribution is -2.11. The summed E-state index contributed by atoms with van der Waals surface area (Å²) in [5, 5.41) is 9.69. The second-order valence-electron chi connectivity index (χ2n) is 2.92. The Kier molecular flexibility index (Phi) is 1.67. The number of rotatable bonds is 2. The van der Waals surface area contributed by atoms with E-state index in [1.54, 1.807) is 0 Å². The SMILES string of the molecule is CN1NC1C(=N)c1ccccc1. The van der Waals surface area contributed by atoms with Crippen LogP contribution in [0.25, 0.3) is 0 Å². The maximum atomic E-state index is 7.77.